The van der Waals surface area contributed by atoms with Crippen LogP contribution in [-0.2, 0) is 21.7 Å². The summed E-state index contributed by atoms with van der Waals surface area (Å²) in [4.78, 5) is 2.33. The zero-order chi connectivity index (χ0) is 12.5. The Morgan fingerprint density at radius 3 is 2.43 bits per heavy atom. The van der Waals surface area contributed by atoms with Crippen LogP contribution in [0.1, 0.15) is 32.1 Å². The van der Waals surface area contributed by atoms with Crippen molar-refractivity contribution < 1.29 is 46.5 Å². The van der Waals surface area contributed by atoms with Gasteiger partial charge in [-0.25, -0.2) is 0 Å². The van der Waals surface area contributed by atoms with Gasteiger partial charge in [0, 0.05) is 0 Å². The van der Waals surface area contributed by atoms with Crippen molar-refractivity contribution in [2.75, 3.05) is 20.6 Å². The first-order valence-corrected chi connectivity index (χ1v) is 7.62. The van der Waals surface area contributed by atoms with E-state index in [4.69, 9.17) is 0 Å². The van der Waals surface area contributed by atoms with Crippen molar-refractivity contribution >= 4 is 0 Å². The Balaban J connectivity index is 0.00000133. The predicted octanol–water partition coefficient (Wildman–Crippen LogP) is -2.30. The van der Waals surface area contributed by atoms with E-state index in [-0.39, 0.29) is 46.5 Å². The fourth-order valence-corrected chi connectivity index (χ4v) is 4.44. The van der Waals surface area contributed by atoms with Gasteiger partial charge in [-0.3, -0.25) is 0 Å². The summed E-state index contributed by atoms with van der Waals surface area (Å²) >= 11 is 0. The maximum absolute atomic E-state index is 2.50. The van der Waals surface area contributed by atoms with Crippen LogP contribution < -0.4 is 24.8 Å². The molecule has 21 heavy (non-hydrogen) atoms. The van der Waals surface area contributed by atoms with Gasteiger partial charge in [0.05, 0.1) is 0 Å². The largest absolute Gasteiger partial charge is 3.00 e. The van der Waals surface area contributed by atoms with Crippen molar-refractivity contribution in [3.8, 4) is 0 Å². The predicted molar refractivity (Wildman–Crippen MR) is 77.1 cm³/mol. The molecule has 1 radical (unpaired) electrons. The van der Waals surface area contributed by atoms with Crippen molar-refractivity contribution in [2.24, 2.45) is 23.7 Å². The normalized spacial score (nSPS) is 33.5. The van der Waals surface area contributed by atoms with Crippen molar-refractivity contribution in [3.05, 3.63) is 30.2 Å². The summed E-state index contributed by atoms with van der Waals surface area (Å²) in [6.45, 7) is 1.22. The summed E-state index contributed by atoms with van der Waals surface area (Å²) in [5.41, 5.74) is 0. The molecule has 1 nitrogen and oxygen atoms in total. The van der Waals surface area contributed by atoms with Crippen LogP contribution in [0.15, 0.2) is 24.3 Å². The number of nitrogens with zero attached hydrogens (tertiary/aromatic N) is 1. The first kappa shape index (κ1) is 21.7. The third-order valence-electron chi connectivity index (χ3n) is 5.24. The Kier molecular flexibility index (Phi) is 10.1. The van der Waals surface area contributed by atoms with Gasteiger partial charge in [-0.15, -0.1) is 12.0 Å². The molecule has 0 aromatic rings. The van der Waals surface area contributed by atoms with Crippen LogP contribution in [0, 0.1) is 29.6 Å². The van der Waals surface area contributed by atoms with E-state index >= 15 is 0 Å². The monoisotopic (exact) mass is 362 g/mol. The Hall–Kier alpha value is 0.734. The van der Waals surface area contributed by atoms with Gasteiger partial charge in [-0.2, -0.15) is 12.3 Å². The molecule has 4 heteroatoms. The summed E-state index contributed by atoms with van der Waals surface area (Å²) in [5.74, 6) is 5.36. The van der Waals surface area contributed by atoms with Gasteiger partial charge in [-0.1, -0.05) is 49.8 Å². The van der Waals surface area contributed by atoms with Crippen LogP contribution in [0.2, 0.25) is 0 Å². The van der Waals surface area contributed by atoms with Crippen LogP contribution in [0.25, 0.3) is 0 Å². The van der Waals surface area contributed by atoms with Crippen LogP contribution in [0.4, 0.5) is 0 Å². The standard InChI is InChI=1S/C17H26N.2ClH.Ti/c1-18(2)12-11-17-15-9-5-3-7-13(15)14-8-4-6-10-16(14)17;;;/h3,5,7,9,13-16H,4,6,8,10-12H2,1-2H3;2*1H;/q-1;;;+3/p-2. The average Bonchev–Trinajstić information content (AvgIpc) is 2.71. The Bertz CT molecular complexity index is 357. The van der Waals surface area contributed by atoms with E-state index in [9.17, 15) is 0 Å². The first-order valence-electron chi connectivity index (χ1n) is 7.62. The molecule has 0 amide bonds. The molecule has 0 bridgehead atoms. The molecular formula is C17H26Cl2NTi. The quantitative estimate of drug-likeness (QED) is 0.403. The van der Waals surface area contributed by atoms with E-state index in [0.717, 1.165) is 23.7 Å². The van der Waals surface area contributed by atoms with Gasteiger partial charge < -0.3 is 35.6 Å². The SMILES string of the molecule is CN(C)CC[C-]1C2C=CC=CC2C2CCCCC12.[Cl-].[Cl-].[Ti+3]. The molecular weight excluding hydrogens is 337 g/mol. The smallest absolute Gasteiger partial charge is 1.00 e. The molecule has 117 valence electrons. The molecule has 3 aliphatic rings. The number of fused-ring (bicyclic) bond motifs is 3. The molecule has 4 unspecified atom stereocenters. The molecule has 2 fully saturated rings. The number of rotatable bonds is 3. The van der Waals surface area contributed by atoms with Gasteiger partial charge in [0.1, 0.15) is 0 Å². The Labute approximate surface area is 157 Å². The topological polar surface area (TPSA) is 3.24 Å². The molecule has 0 aromatic carbocycles. The molecule has 3 aliphatic carbocycles. The summed E-state index contributed by atoms with van der Waals surface area (Å²) in [7, 11) is 4.39. The molecule has 0 saturated heterocycles. The van der Waals surface area contributed by atoms with Gasteiger partial charge in [0.25, 0.3) is 0 Å². The number of hydrogen-bond donors (Lipinski definition) is 0. The average molecular weight is 363 g/mol. The Morgan fingerprint density at radius 1 is 1.05 bits per heavy atom. The van der Waals surface area contributed by atoms with Gasteiger partial charge in [0.2, 0.25) is 0 Å². The minimum absolute atomic E-state index is 0. The molecule has 0 aromatic heterocycles. The van der Waals surface area contributed by atoms with E-state index in [1.807, 2.05) is 5.92 Å². The van der Waals surface area contributed by atoms with E-state index in [1.165, 1.54) is 38.6 Å². The maximum atomic E-state index is 2.50. The van der Waals surface area contributed by atoms with Gasteiger partial charge in [-0.05, 0) is 26.6 Å². The van der Waals surface area contributed by atoms with Gasteiger partial charge in [0.15, 0.2) is 0 Å². The molecule has 0 heterocycles. The van der Waals surface area contributed by atoms with Crippen LogP contribution in [0.5, 0.6) is 0 Å². The number of halogens is 2. The van der Waals surface area contributed by atoms with Crippen molar-refractivity contribution in [1.29, 1.82) is 0 Å². The van der Waals surface area contributed by atoms with Crippen molar-refractivity contribution in [3.63, 3.8) is 0 Å². The molecule has 2 saturated carbocycles. The summed E-state index contributed by atoms with van der Waals surface area (Å²) in [5, 5.41) is 0. The van der Waals surface area contributed by atoms with Crippen LogP contribution in [0.3, 0.4) is 0 Å². The number of allylic oxidation sites excluding steroid dienone is 4. The molecule has 0 aliphatic heterocycles. The van der Waals surface area contributed by atoms with Crippen LogP contribution in [-0.4, -0.2) is 25.5 Å². The van der Waals surface area contributed by atoms with E-state index in [2.05, 4.69) is 43.3 Å². The maximum Gasteiger partial charge on any atom is 3.00 e. The van der Waals surface area contributed by atoms with E-state index in [0.29, 0.717) is 0 Å². The van der Waals surface area contributed by atoms with E-state index in [1.54, 1.807) is 0 Å². The molecule has 3 rings (SSSR count). The fourth-order valence-electron chi connectivity index (χ4n) is 4.44. The second-order valence-corrected chi connectivity index (χ2v) is 6.56. The summed E-state index contributed by atoms with van der Waals surface area (Å²) < 4.78 is 0. The van der Waals surface area contributed by atoms with Gasteiger partial charge >= 0.3 is 21.7 Å². The summed E-state index contributed by atoms with van der Waals surface area (Å²) in [6.07, 6.45) is 16.7. The van der Waals surface area contributed by atoms with Crippen LogP contribution >= 0.6 is 0 Å². The zero-order valence-electron chi connectivity index (χ0n) is 13.1. The molecule has 0 spiro atoms. The minimum Gasteiger partial charge on any atom is -1.00 e. The third-order valence-corrected chi connectivity index (χ3v) is 5.24. The van der Waals surface area contributed by atoms with Crippen molar-refractivity contribution in [1.82, 2.24) is 4.90 Å². The van der Waals surface area contributed by atoms with E-state index < -0.39 is 0 Å². The second-order valence-electron chi connectivity index (χ2n) is 6.56. The summed E-state index contributed by atoms with van der Waals surface area (Å²) in [6, 6.07) is 0. The second kappa shape index (κ2) is 9.78. The zero-order valence-corrected chi connectivity index (χ0v) is 16.1. The minimum atomic E-state index is 0. The first-order chi connectivity index (χ1) is 8.77. The number of hydrogen-bond acceptors (Lipinski definition) is 1. The fraction of sp³-hybridized carbons (Fsp3) is 0.706. The van der Waals surface area contributed by atoms with Crippen molar-refractivity contribution in [2.45, 2.75) is 32.1 Å². The Morgan fingerprint density at radius 2 is 1.71 bits per heavy atom. The molecule has 4 atom stereocenters. The molecule has 0 N–H and O–H groups in total. The third kappa shape index (κ3) is 4.61.